The van der Waals surface area contributed by atoms with Gasteiger partial charge in [-0.15, -0.1) is 0 Å². The van der Waals surface area contributed by atoms with Gasteiger partial charge in [0.2, 0.25) is 0 Å². The van der Waals surface area contributed by atoms with Crippen LogP contribution in [0.25, 0.3) is 0 Å². The van der Waals surface area contributed by atoms with Crippen LogP contribution in [0.4, 0.5) is 5.69 Å². The van der Waals surface area contributed by atoms with E-state index in [9.17, 15) is 4.79 Å². The van der Waals surface area contributed by atoms with E-state index >= 15 is 0 Å². The summed E-state index contributed by atoms with van der Waals surface area (Å²) in [7, 11) is 0. The Hall–Kier alpha value is -0.880. The number of anilines is 1. The monoisotopic (exact) mass is 354 g/mol. The number of halogens is 1. The Morgan fingerprint density at radius 2 is 2.19 bits per heavy atom. The van der Waals surface area contributed by atoms with Crippen molar-refractivity contribution in [2.75, 3.05) is 25.0 Å². The van der Waals surface area contributed by atoms with Gasteiger partial charge >= 0.3 is 0 Å². The highest BCUT2D eigenvalue weighted by atomic mass is 79.9. The first kappa shape index (κ1) is 15.0. The van der Waals surface area contributed by atoms with E-state index in [4.69, 9.17) is 0 Å². The topological polar surface area (TPSA) is 50.2 Å². The number of hydrogen-bond acceptors (Lipinski definition) is 4. The highest BCUT2D eigenvalue weighted by Crippen LogP contribution is 2.31. The second-order valence-corrected chi connectivity index (χ2v) is 7.27. The minimum atomic E-state index is -0.0685. The average molecular weight is 355 g/mol. The molecule has 0 spiro atoms. The van der Waals surface area contributed by atoms with Crippen LogP contribution in [-0.4, -0.2) is 40.4 Å². The van der Waals surface area contributed by atoms with Gasteiger partial charge in [0.05, 0.1) is 17.9 Å². The highest BCUT2D eigenvalue weighted by molar-refractivity contribution is 9.10. The minimum Gasteiger partial charge on any atom is -0.382 e. The zero-order valence-corrected chi connectivity index (χ0v) is 14.3. The summed E-state index contributed by atoms with van der Waals surface area (Å²) >= 11 is 3.41. The van der Waals surface area contributed by atoms with Crippen LogP contribution in [0.3, 0.4) is 0 Å². The quantitative estimate of drug-likeness (QED) is 0.882. The van der Waals surface area contributed by atoms with Crippen molar-refractivity contribution in [1.29, 1.82) is 0 Å². The van der Waals surface area contributed by atoms with Crippen LogP contribution < -0.4 is 10.9 Å². The smallest absolute Gasteiger partial charge is 0.283 e. The fraction of sp³-hybridized carbons (Fsp3) is 0.733. The van der Waals surface area contributed by atoms with Gasteiger partial charge in [-0.3, -0.25) is 4.79 Å². The Labute approximate surface area is 133 Å². The molecule has 2 aliphatic rings. The zero-order valence-electron chi connectivity index (χ0n) is 12.7. The van der Waals surface area contributed by atoms with Gasteiger partial charge in [-0.1, -0.05) is 0 Å². The Kier molecular flexibility index (Phi) is 4.36. The number of nitrogens with zero attached hydrogens (tertiary/aromatic N) is 3. The summed E-state index contributed by atoms with van der Waals surface area (Å²) in [6.45, 7) is 7.24. The third-order valence-electron chi connectivity index (χ3n) is 4.39. The second-order valence-electron chi connectivity index (χ2n) is 6.48. The third kappa shape index (κ3) is 3.31. The van der Waals surface area contributed by atoms with Crippen molar-refractivity contribution in [1.82, 2.24) is 14.7 Å². The maximum atomic E-state index is 12.2. The summed E-state index contributed by atoms with van der Waals surface area (Å²) in [5.74, 6) is 0.671. The molecule has 1 N–H and O–H groups in total. The SMILES string of the molecule is CC(C)n1ncc(NCC2CCN(C3CC3)C2)c(Br)c1=O. The van der Waals surface area contributed by atoms with Crippen molar-refractivity contribution < 1.29 is 0 Å². The molecule has 0 bridgehead atoms. The third-order valence-corrected chi connectivity index (χ3v) is 5.16. The lowest BCUT2D eigenvalue weighted by Crippen LogP contribution is -2.27. The molecule has 1 saturated heterocycles. The average Bonchev–Trinajstić information content (AvgIpc) is 3.19. The van der Waals surface area contributed by atoms with E-state index < -0.39 is 0 Å². The lowest BCUT2D eigenvalue weighted by molar-refractivity contribution is 0.316. The Balaban J connectivity index is 1.60. The molecule has 1 aromatic rings. The van der Waals surface area contributed by atoms with Crippen LogP contribution in [0.2, 0.25) is 0 Å². The van der Waals surface area contributed by atoms with E-state index in [1.807, 2.05) is 13.8 Å². The maximum absolute atomic E-state index is 12.2. The molecule has 116 valence electrons. The zero-order chi connectivity index (χ0) is 15.0. The molecule has 21 heavy (non-hydrogen) atoms. The second kappa shape index (κ2) is 6.08. The van der Waals surface area contributed by atoms with Crippen LogP contribution in [0.5, 0.6) is 0 Å². The number of likely N-dealkylation sites (tertiary alicyclic amines) is 1. The Morgan fingerprint density at radius 1 is 1.43 bits per heavy atom. The van der Waals surface area contributed by atoms with Crippen LogP contribution in [0, 0.1) is 5.92 Å². The first-order valence-electron chi connectivity index (χ1n) is 7.81. The van der Waals surface area contributed by atoms with Gasteiger partial charge in [-0.05, 0) is 61.5 Å². The summed E-state index contributed by atoms with van der Waals surface area (Å²) in [6.07, 6.45) is 5.75. The summed E-state index contributed by atoms with van der Waals surface area (Å²) in [5, 5.41) is 7.63. The largest absolute Gasteiger partial charge is 0.382 e. The molecular weight excluding hydrogens is 332 g/mol. The van der Waals surface area contributed by atoms with E-state index in [1.54, 1.807) is 6.20 Å². The molecule has 1 aliphatic heterocycles. The molecule has 5 nitrogen and oxygen atoms in total. The maximum Gasteiger partial charge on any atom is 0.283 e. The molecule has 3 rings (SSSR count). The minimum absolute atomic E-state index is 0.0685. The van der Waals surface area contributed by atoms with Gasteiger partial charge in [0.25, 0.3) is 5.56 Å². The first-order valence-corrected chi connectivity index (χ1v) is 8.60. The number of nitrogens with one attached hydrogen (secondary N) is 1. The van der Waals surface area contributed by atoms with Gasteiger partial charge in [0, 0.05) is 19.1 Å². The summed E-state index contributed by atoms with van der Waals surface area (Å²) in [5.41, 5.74) is 0.739. The van der Waals surface area contributed by atoms with Crippen LogP contribution >= 0.6 is 15.9 Å². The molecule has 2 fully saturated rings. The highest BCUT2D eigenvalue weighted by Gasteiger charge is 2.34. The summed E-state index contributed by atoms with van der Waals surface area (Å²) in [4.78, 5) is 14.8. The predicted octanol–water partition coefficient (Wildman–Crippen LogP) is 2.48. The summed E-state index contributed by atoms with van der Waals surface area (Å²) < 4.78 is 2.09. The van der Waals surface area contributed by atoms with Gasteiger partial charge in [-0.25, -0.2) is 4.68 Å². The Bertz CT molecular complexity index is 567. The predicted molar refractivity (Wildman–Crippen MR) is 87.8 cm³/mol. The van der Waals surface area contributed by atoms with Gasteiger partial charge in [-0.2, -0.15) is 5.10 Å². The first-order chi connectivity index (χ1) is 10.1. The lowest BCUT2D eigenvalue weighted by Gasteiger charge is -2.16. The van der Waals surface area contributed by atoms with Crippen LogP contribution in [0.15, 0.2) is 15.5 Å². The number of aromatic nitrogens is 2. The molecule has 0 radical (unpaired) electrons. The standard InChI is InChI=1S/C15H23BrN4O/c1-10(2)20-15(21)14(16)13(8-18-20)17-7-11-5-6-19(9-11)12-3-4-12/h8,10-12,17H,3-7,9H2,1-2H3. The van der Waals surface area contributed by atoms with Gasteiger partial charge < -0.3 is 10.2 Å². The lowest BCUT2D eigenvalue weighted by atomic mass is 10.1. The van der Waals surface area contributed by atoms with E-state index in [0.717, 1.165) is 18.3 Å². The van der Waals surface area contributed by atoms with Crippen molar-refractivity contribution in [3.8, 4) is 0 Å². The van der Waals surface area contributed by atoms with E-state index in [1.165, 1.54) is 37.0 Å². The number of hydrogen-bond donors (Lipinski definition) is 1. The van der Waals surface area contributed by atoms with Crippen molar-refractivity contribution in [3.63, 3.8) is 0 Å². The van der Waals surface area contributed by atoms with E-state index in [0.29, 0.717) is 10.4 Å². The molecule has 1 aliphatic carbocycles. The van der Waals surface area contributed by atoms with Gasteiger partial charge in [0.15, 0.2) is 0 Å². The van der Waals surface area contributed by atoms with Crippen LogP contribution in [0.1, 0.15) is 39.2 Å². The molecular formula is C15H23BrN4O. The van der Waals surface area contributed by atoms with E-state index in [-0.39, 0.29) is 11.6 Å². The van der Waals surface area contributed by atoms with Gasteiger partial charge in [0.1, 0.15) is 4.47 Å². The normalized spacial score (nSPS) is 23.0. The Morgan fingerprint density at radius 3 is 2.86 bits per heavy atom. The van der Waals surface area contributed by atoms with E-state index in [2.05, 4.69) is 31.2 Å². The van der Waals surface area contributed by atoms with Crippen molar-refractivity contribution in [2.45, 2.75) is 45.2 Å². The van der Waals surface area contributed by atoms with Crippen molar-refractivity contribution >= 4 is 21.6 Å². The molecule has 6 heteroatoms. The summed E-state index contributed by atoms with van der Waals surface area (Å²) in [6, 6.07) is 0.933. The van der Waals surface area contributed by atoms with Crippen LogP contribution in [-0.2, 0) is 0 Å². The van der Waals surface area contributed by atoms with Crippen molar-refractivity contribution in [3.05, 3.63) is 21.0 Å². The molecule has 1 atom stereocenters. The number of rotatable bonds is 5. The van der Waals surface area contributed by atoms with Crippen molar-refractivity contribution in [2.24, 2.45) is 5.92 Å². The molecule has 1 saturated carbocycles. The molecule has 1 aromatic heterocycles. The molecule has 0 amide bonds. The fourth-order valence-electron chi connectivity index (χ4n) is 2.99. The molecule has 1 unspecified atom stereocenters. The molecule has 2 heterocycles. The molecule has 0 aromatic carbocycles. The fourth-order valence-corrected chi connectivity index (χ4v) is 3.41.